The summed E-state index contributed by atoms with van der Waals surface area (Å²) in [6.07, 6.45) is 5.06. The molecule has 9 nitrogen and oxygen atoms in total. The van der Waals surface area contributed by atoms with Gasteiger partial charge >= 0.3 is 12.1 Å². The van der Waals surface area contributed by atoms with E-state index in [0.717, 1.165) is 56.9 Å². The number of nitriles is 1. The molecule has 0 bridgehead atoms. The van der Waals surface area contributed by atoms with Crippen LogP contribution in [0, 0.1) is 11.5 Å². The maximum atomic E-state index is 12.9. The van der Waals surface area contributed by atoms with Crippen molar-refractivity contribution in [1.82, 2.24) is 14.7 Å². The number of hydrogen-bond donors (Lipinski definition) is 1. The minimum atomic E-state index is -1.31. The van der Waals surface area contributed by atoms with Crippen molar-refractivity contribution < 1.29 is 24.2 Å². The van der Waals surface area contributed by atoms with Crippen LogP contribution in [0.2, 0.25) is 0 Å². The molecule has 0 saturated heterocycles. The lowest BCUT2D eigenvalue weighted by atomic mass is 9.94. The van der Waals surface area contributed by atoms with Gasteiger partial charge in [-0.1, -0.05) is 49.6 Å². The summed E-state index contributed by atoms with van der Waals surface area (Å²) in [5.74, 6) is 0.0236. The summed E-state index contributed by atoms with van der Waals surface area (Å²) in [7, 11) is 1.62. The van der Waals surface area contributed by atoms with Gasteiger partial charge in [0.15, 0.2) is 6.19 Å². The molecule has 4 amide bonds. The van der Waals surface area contributed by atoms with Crippen LogP contribution in [0.1, 0.15) is 53.6 Å². The molecule has 2 aliphatic rings. The first-order chi connectivity index (χ1) is 17.9. The van der Waals surface area contributed by atoms with Crippen LogP contribution in [-0.2, 0) is 17.7 Å². The van der Waals surface area contributed by atoms with Crippen LogP contribution >= 0.6 is 0 Å². The molecule has 1 aliphatic heterocycles. The summed E-state index contributed by atoms with van der Waals surface area (Å²) < 4.78 is 5.10. The van der Waals surface area contributed by atoms with Gasteiger partial charge in [-0.3, -0.25) is 4.79 Å². The van der Waals surface area contributed by atoms with Crippen LogP contribution in [0.15, 0.2) is 42.5 Å². The van der Waals surface area contributed by atoms with Gasteiger partial charge in [-0.2, -0.15) is 5.26 Å². The zero-order chi connectivity index (χ0) is 26.4. The third-order valence-corrected chi connectivity index (χ3v) is 7.16. The molecular weight excluding hydrogens is 472 g/mol. The first-order valence-corrected chi connectivity index (χ1v) is 12.7. The normalized spacial score (nSPS) is 15.2. The Morgan fingerprint density at radius 2 is 1.81 bits per heavy atom. The molecule has 37 heavy (non-hydrogen) atoms. The van der Waals surface area contributed by atoms with Gasteiger partial charge in [0.25, 0.3) is 5.91 Å². The molecule has 0 aromatic heterocycles. The lowest BCUT2D eigenvalue weighted by Crippen LogP contribution is -2.50. The Kier molecular flexibility index (Phi) is 8.41. The highest BCUT2D eigenvalue weighted by Gasteiger charge is 2.34. The molecule has 1 heterocycles. The molecule has 1 fully saturated rings. The molecule has 0 atom stereocenters. The molecule has 0 radical (unpaired) electrons. The smallest absolute Gasteiger partial charge is 0.415 e. The summed E-state index contributed by atoms with van der Waals surface area (Å²) in [6.45, 7) is 1.72. The SMILES string of the molecule is COCCN1Cc2cc(-c3ccc(CCN(C#N)C(=O)N(C(=O)O)C4CCCCC4)cc3)ccc2C1=O. The van der Waals surface area contributed by atoms with Crippen molar-refractivity contribution >= 4 is 18.0 Å². The monoisotopic (exact) mass is 504 g/mol. The first kappa shape index (κ1) is 26.2. The fourth-order valence-corrected chi connectivity index (χ4v) is 5.10. The van der Waals surface area contributed by atoms with Gasteiger partial charge in [0, 0.05) is 38.3 Å². The molecule has 1 aliphatic carbocycles. The highest BCUT2D eigenvalue weighted by atomic mass is 16.5. The van der Waals surface area contributed by atoms with E-state index in [0.29, 0.717) is 39.0 Å². The minimum Gasteiger partial charge on any atom is -0.465 e. The second kappa shape index (κ2) is 11.9. The summed E-state index contributed by atoms with van der Waals surface area (Å²) in [4.78, 5) is 40.8. The Bertz CT molecular complexity index is 1180. The number of amides is 4. The largest absolute Gasteiger partial charge is 0.465 e. The van der Waals surface area contributed by atoms with Crippen LogP contribution in [0.25, 0.3) is 11.1 Å². The summed E-state index contributed by atoms with van der Waals surface area (Å²) in [5.41, 5.74) is 4.65. The molecule has 194 valence electrons. The van der Waals surface area contributed by atoms with Crippen molar-refractivity contribution in [2.75, 3.05) is 26.8 Å². The van der Waals surface area contributed by atoms with Crippen molar-refractivity contribution in [2.24, 2.45) is 0 Å². The highest BCUT2D eigenvalue weighted by Crippen LogP contribution is 2.29. The lowest BCUT2D eigenvalue weighted by Gasteiger charge is -2.32. The van der Waals surface area contributed by atoms with Crippen LogP contribution in [0.5, 0.6) is 0 Å². The Morgan fingerprint density at radius 3 is 2.46 bits per heavy atom. The molecular formula is C28H32N4O5. The van der Waals surface area contributed by atoms with Crippen molar-refractivity contribution in [2.45, 2.75) is 51.1 Å². The quantitative estimate of drug-likeness (QED) is 0.411. The van der Waals surface area contributed by atoms with E-state index in [1.54, 1.807) is 12.0 Å². The standard InChI is InChI=1S/C28H32N4O5/c1-37-16-15-30-18-23-17-22(11-12-25(23)26(30)33)21-9-7-20(8-10-21)13-14-31(19-29)27(34)32(28(35)36)24-5-3-2-4-6-24/h7-12,17,24H,2-6,13-16,18H2,1H3,(H,35,36). The van der Waals surface area contributed by atoms with Gasteiger partial charge in [0.1, 0.15) is 0 Å². The van der Waals surface area contributed by atoms with Crippen molar-refractivity contribution in [3.05, 3.63) is 59.2 Å². The number of carbonyl (C=O) groups excluding carboxylic acids is 2. The van der Waals surface area contributed by atoms with Crippen LogP contribution < -0.4 is 0 Å². The fourth-order valence-electron chi connectivity index (χ4n) is 5.10. The van der Waals surface area contributed by atoms with Crippen LogP contribution in [-0.4, -0.2) is 70.7 Å². The van der Waals surface area contributed by atoms with E-state index in [1.807, 2.05) is 48.7 Å². The number of carbonyl (C=O) groups is 3. The number of rotatable bonds is 8. The maximum Gasteiger partial charge on any atom is 0.415 e. The van der Waals surface area contributed by atoms with Gasteiger partial charge in [0.05, 0.1) is 6.61 Å². The number of urea groups is 1. The zero-order valence-corrected chi connectivity index (χ0v) is 21.1. The number of nitrogens with zero attached hydrogens (tertiary/aromatic N) is 4. The molecule has 0 spiro atoms. The van der Waals surface area contributed by atoms with Gasteiger partial charge in [-0.05, 0) is 53.6 Å². The summed E-state index contributed by atoms with van der Waals surface area (Å²) in [5, 5.41) is 19.2. The highest BCUT2D eigenvalue weighted by molar-refractivity contribution is 5.99. The summed E-state index contributed by atoms with van der Waals surface area (Å²) in [6, 6.07) is 12.5. The molecule has 9 heteroatoms. The van der Waals surface area contributed by atoms with Crippen LogP contribution in [0.3, 0.4) is 0 Å². The fraction of sp³-hybridized carbons (Fsp3) is 0.429. The first-order valence-electron chi connectivity index (χ1n) is 12.7. The molecule has 1 saturated carbocycles. The Hall–Kier alpha value is -3.90. The predicted molar refractivity (Wildman–Crippen MR) is 137 cm³/mol. The molecule has 4 rings (SSSR count). The maximum absolute atomic E-state index is 12.9. The van der Waals surface area contributed by atoms with Crippen LogP contribution in [0.4, 0.5) is 9.59 Å². The second-order valence-corrected chi connectivity index (χ2v) is 9.52. The topological polar surface area (TPSA) is 114 Å². The van der Waals surface area contributed by atoms with E-state index in [4.69, 9.17) is 4.74 Å². The number of methoxy groups -OCH3 is 1. The molecule has 2 aromatic rings. The van der Waals surface area contributed by atoms with Gasteiger partial charge < -0.3 is 14.7 Å². The number of ether oxygens (including phenoxy) is 1. The number of carboxylic acid groups (broad SMARTS) is 1. The summed E-state index contributed by atoms with van der Waals surface area (Å²) >= 11 is 0. The minimum absolute atomic E-state index is 0.0236. The van der Waals surface area contributed by atoms with E-state index in [2.05, 4.69) is 0 Å². The van der Waals surface area contributed by atoms with E-state index in [9.17, 15) is 24.8 Å². The average Bonchev–Trinajstić information content (AvgIpc) is 3.23. The molecule has 0 unspecified atom stereocenters. The zero-order valence-electron chi connectivity index (χ0n) is 21.1. The Morgan fingerprint density at radius 1 is 1.11 bits per heavy atom. The van der Waals surface area contributed by atoms with E-state index >= 15 is 0 Å². The second-order valence-electron chi connectivity index (χ2n) is 9.52. The number of imide groups is 1. The third-order valence-electron chi connectivity index (χ3n) is 7.16. The van der Waals surface area contributed by atoms with Gasteiger partial charge in [-0.25, -0.2) is 19.4 Å². The van der Waals surface area contributed by atoms with Crippen molar-refractivity contribution in [3.63, 3.8) is 0 Å². The predicted octanol–water partition coefficient (Wildman–Crippen LogP) is 4.71. The number of fused-ring (bicyclic) bond motifs is 1. The molecule has 1 N–H and O–H groups in total. The average molecular weight is 505 g/mol. The van der Waals surface area contributed by atoms with E-state index < -0.39 is 12.1 Å². The number of hydrogen-bond acceptors (Lipinski definition) is 5. The number of benzene rings is 2. The molecule has 2 aromatic carbocycles. The van der Waals surface area contributed by atoms with Gasteiger partial charge in [-0.15, -0.1) is 0 Å². The lowest BCUT2D eigenvalue weighted by molar-refractivity contribution is 0.0719. The van der Waals surface area contributed by atoms with Crippen molar-refractivity contribution in [3.8, 4) is 17.3 Å². The Balaban J connectivity index is 1.39. The Labute approximate surface area is 216 Å². The van der Waals surface area contributed by atoms with Gasteiger partial charge in [0.2, 0.25) is 0 Å². The third kappa shape index (κ3) is 5.92. The van der Waals surface area contributed by atoms with E-state index in [-0.39, 0.29) is 18.5 Å². The van der Waals surface area contributed by atoms with E-state index in [1.165, 1.54) is 0 Å². The van der Waals surface area contributed by atoms with Crippen molar-refractivity contribution in [1.29, 1.82) is 5.26 Å².